The molecular formula is C16H16BrClN2O3S3. The minimum absolute atomic E-state index is 0.165. The number of thioether (sulfide) groups is 1. The van der Waals surface area contributed by atoms with Crippen LogP contribution in [0.5, 0.6) is 0 Å². The smallest absolute Gasteiger partial charge is 0.255 e. The van der Waals surface area contributed by atoms with E-state index in [1.165, 1.54) is 27.4 Å². The van der Waals surface area contributed by atoms with Crippen LogP contribution in [0.4, 0.5) is 0 Å². The van der Waals surface area contributed by atoms with E-state index in [-0.39, 0.29) is 19.0 Å². The van der Waals surface area contributed by atoms with Gasteiger partial charge in [-0.25, -0.2) is 8.42 Å². The van der Waals surface area contributed by atoms with Gasteiger partial charge in [0, 0.05) is 31.1 Å². The lowest BCUT2D eigenvalue weighted by Crippen LogP contribution is -2.50. The number of carbonyl (C=O) groups excluding carboxylic acids is 1. The van der Waals surface area contributed by atoms with Crippen LogP contribution < -0.4 is 0 Å². The van der Waals surface area contributed by atoms with E-state index in [0.29, 0.717) is 27.9 Å². The third kappa shape index (κ3) is 4.13. The number of hydrogen-bond donors (Lipinski definition) is 0. The molecule has 1 fully saturated rings. The molecule has 1 aliphatic rings. The highest BCUT2D eigenvalue weighted by atomic mass is 79.9. The molecule has 26 heavy (non-hydrogen) atoms. The van der Waals surface area contributed by atoms with Crippen molar-refractivity contribution in [2.75, 3.05) is 32.4 Å². The second-order valence-electron chi connectivity index (χ2n) is 5.60. The van der Waals surface area contributed by atoms with Gasteiger partial charge in [0.2, 0.25) is 0 Å². The molecule has 1 aromatic heterocycles. The summed E-state index contributed by atoms with van der Waals surface area (Å²) in [5, 5.41) is 0.409. The summed E-state index contributed by atoms with van der Waals surface area (Å²) in [6.45, 7) is 1.21. The Hall–Kier alpha value is -0.580. The number of thiophene rings is 1. The molecule has 3 rings (SSSR count). The zero-order valence-corrected chi connectivity index (χ0v) is 18.6. The molecule has 0 bridgehead atoms. The molecule has 1 aliphatic heterocycles. The van der Waals surface area contributed by atoms with Gasteiger partial charge in [0.1, 0.15) is 4.21 Å². The van der Waals surface area contributed by atoms with Gasteiger partial charge in [-0.3, -0.25) is 4.79 Å². The van der Waals surface area contributed by atoms with Crippen molar-refractivity contribution in [3.05, 3.63) is 44.7 Å². The second-order valence-corrected chi connectivity index (χ2v) is 11.5. The molecule has 1 amide bonds. The minimum Gasteiger partial charge on any atom is -0.336 e. The van der Waals surface area contributed by atoms with Gasteiger partial charge in [-0.15, -0.1) is 23.1 Å². The van der Waals surface area contributed by atoms with Crippen molar-refractivity contribution in [3.8, 4) is 0 Å². The maximum Gasteiger partial charge on any atom is 0.255 e. The number of rotatable bonds is 4. The molecule has 0 spiro atoms. The molecule has 2 aromatic rings. The van der Waals surface area contributed by atoms with Gasteiger partial charge >= 0.3 is 0 Å². The molecule has 0 saturated carbocycles. The standard InChI is InChI=1S/C16H16BrClN2O3S3/c1-24-11-2-3-13(18)12(10-11)16(21)19-6-8-20(9-7-19)26(22,23)15-5-4-14(17)25-15/h2-5,10H,6-9H2,1H3. The molecule has 0 aliphatic carbocycles. The van der Waals surface area contributed by atoms with Crippen molar-refractivity contribution in [1.82, 2.24) is 9.21 Å². The summed E-state index contributed by atoms with van der Waals surface area (Å²) < 4.78 is 27.8. The van der Waals surface area contributed by atoms with E-state index in [4.69, 9.17) is 11.6 Å². The molecule has 1 saturated heterocycles. The summed E-state index contributed by atoms with van der Waals surface area (Å²) in [4.78, 5) is 15.4. The number of amides is 1. The minimum atomic E-state index is -3.52. The van der Waals surface area contributed by atoms with Crippen LogP contribution in [-0.4, -0.2) is 56.0 Å². The van der Waals surface area contributed by atoms with Crippen LogP contribution in [0.15, 0.2) is 43.2 Å². The topological polar surface area (TPSA) is 57.7 Å². The third-order valence-electron chi connectivity index (χ3n) is 4.07. The molecule has 2 heterocycles. The average molecular weight is 496 g/mol. The fourth-order valence-corrected chi connectivity index (χ4v) is 6.89. The maximum atomic E-state index is 12.8. The zero-order chi connectivity index (χ0) is 18.9. The van der Waals surface area contributed by atoms with E-state index in [1.807, 2.05) is 12.3 Å². The fourth-order valence-electron chi connectivity index (χ4n) is 2.66. The Bertz CT molecular complexity index is 925. The maximum absolute atomic E-state index is 12.8. The summed E-state index contributed by atoms with van der Waals surface area (Å²) >= 11 is 12.2. The first-order chi connectivity index (χ1) is 12.3. The predicted molar refractivity (Wildman–Crippen MR) is 110 cm³/mol. The zero-order valence-electron chi connectivity index (χ0n) is 13.8. The summed E-state index contributed by atoms with van der Waals surface area (Å²) in [6.07, 6.45) is 1.93. The molecule has 140 valence electrons. The average Bonchev–Trinajstić information content (AvgIpc) is 3.09. The Kier molecular flexibility index (Phi) is 6.36. The first-order valence-electron chi connectivity index (χ1n) is 7.71. The number of benzene rings is 1. The van der Waals surface area contributed by atoms with E-state index in [1.54, 1.807) is 29.2 Å². The molecule has 1 aromatic carbocycles. The van der Waals surface area contributed by atoms with Crippen LogP contribution in [-0.2, 0) is 10.0 Å². The molecule has 10 heteroatoms. The molecule has 0 unspecified atom stereocenters. The van der Waals surface area contributed by atoms with Crippen LogP contribution >= 0.6 is 50.6 Å². The van der Waals surface area contributed by atoms with Crippen molar-refractivity contribution in [1.29, 1.82) is 0 Å². The lowest BCUT2D eigenvalue weighted by Gasteiger charge is -2.34. The Balaban J connectivity index is 1.71. The van der Waals surface area contributed by atoms with Crippen LogP contribution in [0.1, 0.15) is 10.4 Å². The largest absolute Gasteiger partial charge is 0.336 e. The van der Waals surface area contributed by atoms with Gasteiger partial charge in [0.25, 0.3) is 15.9 Å². The lowest BCUT2D eigenvalue weighted by molar-refractivity contribution is 0.0698. The summed E-state index contributed by atoms with van der Waals surface area (Å²) in [5.74, 6) is -0.165. The Labute approximate surface area is 174 Å². The Morgan fingerprint density at radius 1 is 1.19 bits per heavy atom. The van der Waals surface area contributed by atoms with E-state index < -0.39 is 10.0 Å². The van der Waals surface area contributed by atoms with Crippen LogP contribution in [0.2, 0.25) is 5.02 Å². The molecule has 0 N–H and O–H groups in total. The second kappa shape index (κ2) is 8.20. The SMILES string of the molecule is CSc1ccc(Cl)c(C(=O)N2CCN(S(=O)(=O)c3ccc(Br)s3)CC2)c1. The lowest BCUT2D eigenvalue weighted by atomic mass is 10.2. The first-order valence-corrected chi connectivity index (χ1v) is 12.4. The van der Waals surface area contributed by atoms with Gasteiger partial charge in [-0.2, -0.15) is 4.31 Å². The van der Waals surface area contributed by atoms with Gasteiger partial charge < -0.3 is 4.90 Å². The highest BCUT2D eigenvalue weighted by Gasteiger charge is 2.31. The van der Waals surface area contributed by atoms with E-state index in [2.05, 4.69) is 15.9 Å². The van der Waals surface area contributed by atoms with Crippen molar-refractivity contribution < 1.29 is 13.2 Å². The summed E-state index contributed by atoms with van der Waals surface area (Å²) in [5.41, 5.74) is 0.456. The van der Waals surface area contributed by atoms with Crippen molar-refractivity contribution in [2.45, 2.75) is 9.10 Å². The van der Waals surface area contributed by atoms with Gasteiger partial charge in [-0.05, 0) is 52.5 Å². The highest BCUT2D eigenvalue weighted by Crippen LogP contribution is 2.29. The van der Waals surface area contributed by atoms with Gasteiger partial charge in [-0.1, -0.05) is 11.6 Å². The number of sulfonamides is 1. The highest BCUT2D eigenvalue weighted by molar-refractivity contribution is 9.11. The van der Waals surface area contributed by atoms with E-state index in [9.17, 15) is 13.2 Å². The molecular weight excluding hydrogens is 480 g/mol. The van der Waals surface area contributed by atoms with Crippen molar-refractivity contribution >= 4 is 66.6 Å². The quantitative estimate of drug-likeness (QED) is 0.601. The van der Waals surface area contributed by atoms with E-state index >= 15 is 0 Å². The Morgan fingerprint density at radius 3 is 2.46 bits per heavy atom. The number of carbonyl (C=O) groups is 1. The summed E-state index contributed by atoms with van der Waals surface area (Å²) in [6, 6.07) is 8.68. The monoisotopic (exact) mass is 494 g/mol. The van der Waals surface area contributed by atoms with Crippen LogP contribution in [0.3, 0.4) is 0 Å². The Morgan fingerprint density at radius 2 is 1.88 bits per heavy atom. The third-order valence-corrected chi connectivity index (χ3v) is 9.12. The predicted octanol–water partition coefficient (Wildman–Crippen LogP) is 4.03. The number of hydrogen-bond acceptors (Lipinski definition) is 5. The van der Waals surface area contributed by atoms with Crippen LogP contribution in [0.25, 0.3) is 0 Å². The number of nitrogens with zero attached hydrogens (tertiary/aromatic N) is 2. The first kappa shape index (κ1) is 20.2. The summed E-state index contributed by atoms with van der Waals surface area (Å²) in [7, 11) is -3.52. The van der Waals surface area contributed by atoms with E-state index in [0.717, 1.165) is 8.68 Å². The normalized spacial score (nSPS) is 16.0. The van der Waals surface area contributed by atoms with Crippen LogP contribution in [0, 0.1) is 0 Å². The van der Waals surface area contributed by atoms with Gasteiger partial charge in [0.15, 0.2) is 0 Å². The van der Waals surface area contributed by atoms with Gasteiger partial charge in [0.05, 0.1) is 14.4 Å². The number of halogens is 2. The molecule has 5 nitrogen and oxygen atoms in total. The van der Waals surface area contributed by atoms with Crippen molar-refractivity contribution in [2.24, 2.45) is 0 Å². The van der Waals surface area contributed by atoms with Crippen molar-refractivity contribution in [3.63, 3.8) is 0 Å². The molecule has 0 atom stereocenters. The fraction of sp³-hybridized carbons (Fsp3) is 0.312. The molecule has 0 radical (unpaired) electrons. The number of piperazine rings is 1.